The molecule has 0 aromatic heterocycles. The Morgan fingerprint density at radius 3 is 2.82 bits per heavy atom. The highest BCUT2D eigenvalue weighted by atomic mass is 127. The minimum atomic E-state index is -1.21. The molecule has 11 heavy (non-hydrogen) atoms. The molecule has 0 aliphatic rings. The van der Waals surface area contributed by atoms with E-state index in [2.05, 4.69) is 43.3 Å². The zero-order valence-electron chi connectivity index (χ0n) is 5.72. The maximum atomic E-state index is 9.85. The van der Waals surface area contributed by atoms with Gasteiger partial charge in [0.2, 0.25) is 0 Å². The molecule has 0 amide bonds. The van der Waals surface area contributed by atoms with Gasteiger partial charge in [-0.05, 0) is 51.4 Å². The Morgan fingerprint density at radius 1 is 1.73 bits per heavy atom. The van der Waals surface area contributed by atoms with Crippen molar-refractivity contribution >= 4 is 44.7 Å². The predicted molar refractivity (Wildman–Crippen MR) is 54.2 cm³/mol. The van der Waals surface area contributed by atoms with Gasteiger partial charge in [0.1, 0.15) is 0 Å². The molecule has 0 atom stereocenters. The summed E-state index contributed by atoms with van der Waals surface area (Å²) in [5.41, 5.74) is 0. The van der Waals surface area contributed by atoms with Gasteiger partial charge in [-0.2, -0.15) is 0 Å². The number of hydrogen-bond acceptors (Lipinski definition) is 2. The molecule has 0 saturated carbocycles. The Kier molecular flexibility index (Phi) is 7.04. The Hall–Kier alpha value is 0.220. The second kappa shape index (κ2) is 6.90. The highest BCUT2D eigenvalue weighted by Crippen LogP contribution is 2.14. The summed E-state index contributed by atoms with van der Waals surface area (Å²) >= 11 is 5.37. The van der Waals surface area contributed by atoms with Crippen LogP contribution in [0.4, 0.5) is 4.79 Å². The number of hydrogen-bond donors (Lipinski definition) is 1. The predicted octanol–water partition coefficient (Wildman–Crippen LogP) is 3.13. The van der Waals surface area contributed by atoms with Crippen molar-refractivity contribution in [3.63, 3.8) is 0 Å². The van der Waals surface area contributed by atoms with Gasteiger partial charge in [0, 0.05) is 0 Å². The molecule has 0 aliphatic carbocycles. The van der Waals surface area contributed by atoms with E-state index in [1.165, 1.54) is 0 Å². The van der Waals surface area contributed by atoms with Gasteiger partial charge in [-0.15, -0.1) is 0 Å². The number of rotatable bonds is 4. The summed E-state index contributed by atoms with van der Waals surface area (Å²) in [5.74, 6) is 0. The highest BCUT2D eigenvalue weighted by Gasteiger charge is 1.93. The molecule has 0 bridgehead atoms. The number of ether oxygens (including phenoxy) is 1. The lowest BCUT2D eigenvalue weighted by Gasteiger charge is -1.96. The average molecular weight is 335 g/mol. The van der Waals surface area contributed by atoms with Gasteiger partial charge in [0.25, 0.3) is 0 Å². The van der Waals surface area contributed by atoms with E-state index in [4.69, 9.17) is 5.11 Å². The first-order valence-electron chi connectivity index (χ1n) is 3.00. The molecule has 0 aromatic carbocycles. The lowest BCUT2D eigenvalue weighted by atomic mass is 10.3. The van der Waals surface area contributed by atoms with Crippen LogP contribution in [0.5, 0.6) is 0 Å². The first kappa shape index (κ1) is 11.2. The van der Waals surface area contributed by atoms with E-state index in [9.17, 15) is 4.79 Å². The molecular weight excluding hydrogens is 327 g/mol. The van der Waals surface area contributed by atoms with Crippen LogP contribution in [0, 0.1) is 0 Å². The summed E-state index contributed by atoms with van der Waals surface area (Å²) in [6, 6.07) is 0. The molecule has 0 aromatic rings. The summed E-state index contributed by atoms with van der Waals surface area (Å²) in [7, 11) is 0. The second-order valence-electron chi connectivity index (χ2n) is 1.75. The quantitative estimate of drug-likeness (QED) is 0.488. The van der Waals surface area contributed by atoms with E-state index >= 15 is 0 Å². The monoisotopic (exact) mass is 334 g/mol. The molecule has 64 valence electrons. The van der Waals surface area contributed by atoms with Gasteiger partial charge in [0.15, 0.2) is 0 Å². The van der Waals surface area contributed by atoms with E-state index in [0.29, 0.717) is 0 Å². The van der Waals surface area contributed by atoms with Crippen LogP contribution in [-0.2, 0) is 4.74 Å². The van der Waals surface area contributed by atoms with E-state index in [1.807, 2.05) is 6.08 Å². The normalized spacial score (nSPS) is 11.3. The Morgan fingerprint density at radius 2 is 2.36 bits per heavy atom. The van der Waals surface area contributed by atoms with Crippen LogP contribution in [0.1, 0.15) is 12.8 Å². The van der Waals surface area contributed by atoms with Gasteiger partial charge in [-0.25, -0.2) is 4.79 Å². The van der Waals surface area contributed by atoms with Gasteiger partial charge >= 0.3 is 6.16 Å². The zero-order chi connectivity index (χ0) is 8.69. The van der Waals surface area contributed by atoms with Crippen LogP contribution < -0.4 is 0 Å². The van der Waals surface area contributed by atoms with Crippen molar-refractivity contribution in [2.75, 3.05) is 6.61 Å². The summed E-state index contributed by atoms with van der Waals surface area (Å²) < 4.78 is 5.33. The largest absolute Gasteiger partial charge is 0.505 e. The standard InChI is InChI=1S/C6H8BrIO3/c7-5(8)3-1-2-4-11-6(9)10/h3H,1-2,4H2,(H,9,10). The molecule has 0 unspecified atom stereocenters. The number of unbranched alkanes of at least 4 members (excludes halogenated alkanes) is 1. The van der Waals surface area contributed by atoms with Crippen LogP contribution in [0.25, 0.3) is 0 Å². The maximum absolute atomic E-state index is 9.85. The van der Waals surface area contributed by atoms with E-state index in [0.717, 1.165) is 15.3 Å². The highest BCUT2D eigenvalue weighted by molar-refractivity contribution is 14.1. The van der Waals surface area contributed by atoms with E-state index in [1.54, 1.807) is 0 Å². The number of carbonyl (C=O) groups is 1. The number of halogens is 2. The van der Waals surface area contributed by atoms with Crippen LogP contribution in [0.15, 0.2) is 8.57 Å². The molecule has 5 heteroatoms. The van der Waals surface area contributed by atoms with E-state index in [-0.39, 0.29) is 6.61 Å². The van der Waals surface area contributed by atoms with Crippen molar-refractivity contribution in [1.82, 2.24) is 0 Å². The SMILES string of the molecule is O=C(O)OCCCC=C(Br)I. The van der Waals surface area contributed by atoms with E-state index < -0.39 is 6.16 Å². The fourth-order valence-electron chi connectivity index (χ4n) is 0.454. The van der Waals surface area contributed by atoms with Crippen molar-refractivity contribution in [3.05, 3.63) is 8.57 Å². The first-order chi connectivity index (χ1) is 5.13. The molecule has 1 N–H and O–H groups in total. The third-order valence-electron chi connectivity index (χ3n) is 0.873. The topological polar surface area (TPSA) is 46.5 Å². The van der Waals surface area contributed by atoms with Gasteiger partial charge in [-0.3, -0.25) is 0 Å². The lowest BCUT2D eigenvalue weighted by molar-refractivity contribution is 0.0909. The fourth-order valence-corrected chi connectivity index (χ4v) is 0.994. The van der Waals surface area contributed by atoms with Crippen molar-refractivity contribution in [1.29, 1.82) is 0 Å². The lowest BCUT2D eigenvalue weighted by Crippen LogP contribution is -2.00. The fraction of sp³-hybridized carbons (Fsp3) is 0.500. The molecule has 0 heterocycles. The molecule has 0 saturated heterocycles. The minimum Gasteiger partial charge on any atom is -0.450 e. The molecule has 0 spiro atoms. The summed E-state index contributed by atoms with van der Waals surface area (Å²) in [6.07, 6.45) is 2.31. The zero-order valence-corrected chi connectivity index (χ0v) is 9.46. The second-order valence-corrected chi connectivity index (χ2v) is 5.25. The summed E-state index contributed by atoms with van der Waals surface area (Å²) in [4.78, 5) is 9.85. The molecule has 0 radical (unpaired) electrons. The van der Waals surface area contributed by atoms with Crippen LogP contribution in [-0.4, -0.2) is 17.9 Å². The summed E-state index contributed by atoms with van der Waals surface area (Å²) in [6.45, 7) is 0.267. The number of carboxylic acid groups (broad SMARTS) is 1. The van der Waals surface area contributed by atoms with Crippen LogP contribution >= 0.6 is 38.5 Å². The van der Waals surface area contributed by atoms with Crippen LogP contribution in [0.3, 0.4) is 0 Å². The number of allylic oxidation sites excluding steroid dienone is 1. The third kappa shape index (κ3) is 10.2. The summed E-state index contributed by atoms with van der Waals surface area (Å²) in [5, 5.41) is 8.07. The third-order valence-corrected chi connectivity index (χ3v) is 1.64. The van der Waals surface area contributed by atoms with Crippen molar-refractivity contribution < 1.29 is 14.6 Å². The van der Waals surface area contributed by atoms with Crippen molar-refractivity contribution in [2.45, 2.75) is 12.8 Å². The van der Waals surface area contributed by atoms with Crippen molar-refractivity contribution in [2.24, 2.45) is 0 Å². The van der Waals surface area contributed by atoms with Crippen molar-refractivity contribution in [3.8, 4) is 0 Å². The molecule has 3 nitrogen and oxygen atoms in total. The Balaban J connectivity index is 3.15. The minimum absolute atomic E-state index is 0.267. The van der Waals surface area contributed by atoms with Gasteiger partial charge < -0.3 is 9.84 Å². The average Bonchev–Trinajstić information content (AvgIpc) is 1.85. The first-order valence-corrected chi connectivity index (χ1v) is 4.87. The Bertz CT molecular complexity index is 154. The molecule has 0 rings (SSSR count). The smallest absolute Gasteiger partial charge is 0.450 e. The molecule has 0 fully saturated rings. The van der Waals surface area contributed by atoms with Gasteiger partial charge in [0.05, 0.1) is 9.10 Å². The van der Waals surface area contributed by atoms with Crippen LogP contribution in [0.2, 0.25) is 0 Å². The molecule has 0 aliphatic heterocycles. The molecular formula is C6H8BrIO3. The van der Waals surface area contributed by atoms with Gasteiger partial charge in [-0.1, -0.05) is 6.08 Å². The Labute approximate surface area is 87.1 Å². The maximum Gasteiger partial charge on any atom is 0.505 e.